The zero-order valence-corrected chi connectivity index (χ0v) is 9.94. The fourth-order valence-corrected chi connectivity index (χ4v) is 1.89. The van der Waals surface area contributed by atoms with Gasteiger partial charge in [0, 0.05) is 22.2 Å². The Morgan fingerprint density at radius 2 is 1.94 bits per heavy atom. The quantitative estimate of drug-likeness (QED) is 0.612. The number of hydrogen-bond donors (Lipinski definition) is 0. The van der Waals surface area contributed by atoms with Gasteiger partial charge in [-0.3, -0.25) is 0 Å². The first kappa shape index (κ1) is 11.8. The number of halogens is 2. The Morgan fingerprint density at radius 3 is 2.47 bits per heavy atom. The van der Waals surface area contributed by atoms with Gasteiger partial charge < -0.3 is 10.1 Å². The van der Waals surface area contributed by atoms with Gasteiger partial charge in [0.2, 0.25) is 0 Å². The van der Waals surface area contributed by atoms with E-state index in [1.807, 2.05) is 0 Å². The molecule has 1 aromatic heterocycles. The molecule has 0 N–H and O–H groups in total. The highest BCUT2D eigenvalue weighted by molar-refractivity contribution is 6.36. The maximum Gasteiger partial charge on any atom is 0.363 e. The Bertz CT molecular complexity index is 570. The van der Waals surface area contributed by atoms with Crippen LogP contribution in [0, 0.1) is 10.1 Å². The summed E-state index contributed by atoms with van der Waals surface area (Å²) in [6.45, 7) is 0. The van der Waals surface area contributed by atoms with Crippen LogP contribution in [0.4, 0.5) is 5.82 Å². The Kier molecular flexibility index (Phi) is 3.26. The third-order valence-corrected chi connectivity index (χ3v) is 2.72. The van der Waals surface area contributed by atoms with Crippen LogP contribution >= 0.6 is 23.2 Å². The van der Waals surface area contributed by atoms with E-state index in [0.29, 0.717) is 15.6 Å². The second-order valence-electron chi connectivity index (χ2n) is 3.29. The van der Waals surface area contributed by atoms with E-state index in [1.165, 1.54) is 12.3 Å². The van der Waals surface area contributed by atoms with Crippen LogP contribution in [0.25, 0.3) is 11.1 Å². The summed E-state index contributed by atoms with van der Waals surface area (Å²) in [5, 5.41) is 11.5. The van der Waals surface area contributed by atoms with Crippen molar-refractivity contribution in [2.75, 3.05) is 0 Å². The van der Waals surface area contributed by atoms with E-state index >= 15 is 0 Å². The standard InChI is InChI=1S/C11H6Cl2N2O2/c12-8-2-3-9(10(13)5-8)7-1-4-11(14-6-7)15(16)17/h1-6H. The molecular weight excluding hydrogens is 263 g/mol. The highest BCUT2D eigenvalue weighted by Gasteiger charge is 2.10. The minimum absolute atomic E-state index is 0.196. The molecule has 2 rings (SSSR count). The van der Waals surface area contributed by atoms with E-state index in [-0.39, 0.29) is 5.82 Å². The lowest BCUT2D eigenvalue weighted by atomic mass is 10.1. The summed E-state index contributed by atoms with van der Waals surface area (Å²) in [5.74, 6) is -0.196. The van der Waals surface area contributed by atoms with E-state index in [0.717, 1.165) is 5.56 Å². The van der Waals surface area contributed by atoms with Crippen molar-refractivity contribution in [1.29, 1.82) is 0 Å². The van der Waals surface area contributed by atoms with Gasteiger partial charge in [-0.05, 0) is 28.1 Å². The van der Waals surface area contributed by atoms with Crippen molar-refractivity contribution in [2.45, 2.75) is 0 Å². The molecule has 0 aliphatic heterocycles. The summed E-state index contributed by atoms with van der Waals surface area (Å²) in [5.41, 5.74) is 1.44. The summed E-state index contributed by atoms with van der Waals surface area (Å²) in [6.07, 6.45) is 1.41. The zero-order valence-electron chi connectivity index (χ0n) is 8.43. The lowest BCUT2D eigenvalue weighted by Crippen LogP contribution is -1.91. The van der Waals surface area contributed by atoms with E-state index in [9.17, 15) is 10.1 Å². The summed E-state index contributed by atoms with van der Waals surface area (Å²) in [6, 6.07) is 7.98. The Hall–Kier alpha value is -1.65. The lowest BCUT2D eigenvalue weighted by molar-refractivity contribution is -0.389. The molecule has 0 bridgehead atoms. The van der Waals surface area contributed by atoms with E-state index < -0.39 is 4.92 Å². The number of rotatable bonds is 2. The minimum atomic E-state index is -0.548. The van der Waals surface area contributed by atoms with Crippen LogP contribution in [0.15, 0.2) is 36.5 Å². The summed E-state index contributed by atoms with van der Waals surface area (Å²) >= 11 is 11.8. The van der Waals surface area contributed by atoms with Crippen LogP contribution in [0.5, 0.6) is 0 Å². The lowest BCUT2D eigenvalue weighted by Gasteiger charge is -2.02. The molecule has 1 heterocycles. The first-order chi connectivity index (χ1) is 8.08. The van der Waals surface area contributed by atoms with Crippen LogP contribution in [-0.2, 0) is 0 Å². The van der Waals surface area contributed by atoms with Gasteiger partial charge in [-0.2, -0.15) is 0 Å². The van der Waals surface area contributed by atoms with Crippen LogP contribution < -0.4 is 0 Å². The van der Waals surface area contributed by atoms with Crippen molar-refractivity contribution >= 4 is 29.0 Å². The smallest absolute Gasteiger partial charge is 0.358 e. The average Bonchev–Trinajstić information content (AvgIpc) is 2.29. The van der Waals surface area contributed by atoms with Crippen molar-refractivity contribution in [3.05, 3.63) is 56.7 Å². The third-order valence-electron chi connectivity index (χ3n) is 2.18. The molecule has 17 heavy (non-hydrogen) atoms. The number of aromatic nitrogens is 1. The normalized spacial score (nSPS) is 10.2. The van der Waals surface area contributed by atoms with Crippen LogP contribution in [0.3, 0.4) is 0 Å². The maximum absolute atomic E-state index is 10.5. The fraction of sp³-hybridized carbons (Fsp3) is 0. The number of nitrogens with zero attached hydrogens (tertiary/aromatic N) is 2. The summed E-state index contributed by atoms with van der Waals surface area (Å²) in [4.78, 5) is 13.6. The first-order valence-corrected chi connectivity index (χ1v) is 5.39. The van der Waals surface area contributed by atoms with Crippen LogP contribution in [0.2, 0.25) is 10.0 Å². The van der Waals surface area contributed by atoms with Crippen LogP contribution in [0.1, 0.15) is 0 Å². The average molecular weight is 269 g/mol. The van der Waals surface area contributed by atoms with Gasteiger partial charge in [0.05, 0.1) is 5.02 Å². The van der Waals surface area contributed by atoms with Crippen molar-refractivity contribution < 1.29 is 4.92 Å². The molecule has 0 amide bonds. The molecule has 0 aliphatic rings. The molecule has 0 atom stereocenters. The van der Waals surface area contributed by atoms with Gasteiger partial charge in [-0.15, -0.1) is 0 Å². The van der Waals surface area contributed by atoms with Crippen molar-refractivity contribution in [2.24, 2.45) is 0 Å². The van der Waals surface area contributed by atoms with Gasteiger partial charge >= 0.3 is 5.82 Å². The molecule has 2 aromatic rings. The molecule has 6 heteroatoms. The number of nitro groups is 1. The number of benzene rings is 1. The second-order valence-corrected chi connectivity index (χ2v) is 4.13. The van der Waals surface area contributed by atoms with E-state index in [2.05, 4.69) is 4.98 Å². The molecule has 0 spiro atoms. The Morgan fingerprint density at radius 1 is 1.18 bits per heavy atom. The Labute approximate surface area is 107 Å². The molecule has 0 radical (unpaired) electrons. The molecule has 0 fully saturated rings. The fourth-order valence-electron chi connectivity index (χ4n) is 1.38. The van der Waals surface area contributed by atoms with Gasteiger partial charge in [-0.25, -0.2) is 0 Å². The largest absolute Gasteiger partial charge is 0.363 e. The predicted octanol–water partition coefficient (Wildman–Crippen LogP) is 3.96. The molecule has 0 saturated heterocycles. The van der Waals surface area contributed by atoms with Gasteiger partial charge in [0.25, 0.3) is 0 Å². The molecule has 0 saturated carbocycles. The van der Waals surface area contributed by atoms with Crippen LogP contribution in [-0.4, -0.2) is 9.91 Å². The second kappa shape index (κ2) is 4.69. The van der Waals surface area contributed by atoms with Gasteiger partial charge in [0.15, 0.2) is 0 Å². The van der Waals surface area contributed by atoms with E-state index in [1.54, 1.807) is 24.3 Å². The van der Waals surface area contributed by atoms with E-state index in [4.69, 9.17) is 23.2 Å². The summed E-state index contributed by atoms with van der Waals surface area (Å²) in [7, 11) is 0. The predicted molar refractivity (Wildman–Crippen MR) is 66.3 cm³/mol. The third kappa shape index (κ3) is 2.54. The molecule has 4 nitrogen and oxygen atoms in total. The zero-order chi connectivity index (χ0) is 12.4. The minimum Gasteiger partial charge on any atom is -0.358 e. The van der Waals surface area contributed by atoms with Crippen molar-refractivity contribution in [1.82, 2.24) is 4.98 Å². The SMILES string of the molecule is O=[N+]([O-])c1ccc(-c2ccc(Cl)cc2Cl)cn1. The highest BCUT2D eigenvalue weighted by atomic mass is 35.5. The molecule has 1 aromatic carbocycles. The maximum atomic E-state index is 10.5. The molecule has 0 unspecified atom stereocenters. The first-order valence-electron chi connectivity index (χ1n) is 4.64. The molecular formula is C11H6Cl2N2O2. The van der Waals surface area contributed by atoms with Crippen molar-refractivity contribution in [3.63, 3.8) is 0 Å². The molecule has 86 valence electrons. The topological polar surface area (TPSA) is 56.0 Å². The Balaban J connectivity index is 2.43. The molecule has 0 aliphatic carbocycles. The highest BCUT2D eigenvalue weighted by Crippen LogP contribution is 2.30. The number of hydrogen-bond acceptors (Lipinski definition) is 3. The van der Waals surface area contributed by atoms with Gasteiger partial charge in [-0.1, -0.05) is 29.3 Å². The summed E-state index contributed by atoms with van der Waals surface area (Å²) < 4.78 is 0. The van der Waals surface area contributed by atoms with Gasteiger partial charge in [0.1, 0.15) is 6.20 Å². The van der Waals surface area contributed by atoms with Crippen molar-refractivity contribution in [3.8, 4) is 11.1 Å². The number of pyridine rings is 1. The monoisotopic (exact) mass is 268 g/mol.